The van der Waals surface area contributed by atoms with Gasteiger partial charge in [-0.1, -0.05) is 0 Å². The van der Waals surface area contributed by atoms with Crippen molar-refractivity contribution in [2.24, 2.45) is 4.99 Å². The molecular weight excluding hydrogens is 340 g/mol. The number of nitrogens with one attached hydrogen (secondary N) is 2. The summed E-state index contributed by atoms with van der Waals surface area (Å²) in [7, 11) is 3.39. The maximum absolute atomic E-state index is 5.43. The number of rotatable bonds is 7. The molecule has 0 bridgehead atoms. The Labute approximate surface area is 164 Å². The van der Waals surface area contributed by atoms with E-state index in [4.69, 9.17) is 14.5 Å². The maximum atomic E-state index is 5.43. The van der Waals surface area contributed by atoms with E-state index in [1.165, 1.54) is 5.56 Å². The van der Waals surface area contributed by atoms with Gasteiger partial charge >= 0.3 is 0 Å². The second-order valence-electron chi connectivity index (χ2n) is 7.99. The first-order chi connectivity index (χ1) is 12.9. The number of ether oxygens (including phenoxy) is 2. The zero-order valence-electron chi connectivity index (χ0n) is 17.8. The smallest absolute Gasteiger partial charge is 0.193 e. The molecule has 0 aliphatic carbocycles. The monoisotopic (exact) mass is 376 g/mol. The molecule has 152 valence electrons. The molecule has 1 aliphatic heterocycles. The van der Waals surface area contributed by atoms with Gasteiger partial charge in [0.25, 0.3) is 0 Å². The summed E-state index contributed by atoms with van der Waals surface area (Å²) in [6.45, 7) is 13.1. The van der Waals surface area contributed by atoms with Gasteiger partial charge in [0.1, 0.15) is 11.5 Å². The Hall–Kier alpha value is -1.95. The highest BCUT2D eigenvalue weighted by atomic mass is 16.5. The number of benzene rings is 1. The number of aliphatic imine (C=N–C) groups is 1. The number of hydrogen-bond acceptors (Lipinski definition) is 4. The number of methoxy groups -OCH3 is 2. The van der Waals surface area contributed by atoms with Gasteiger partial charge in [0, 0.05) is 43.7 Å². The van der Waals surface area contributed by atoms with Crippen LogP contribution in [0.3, 0.4) is 0 Å². The van der Waals surface area contributed by atoms with Crippen molar-refractivity contribution in [2.45, 2.75) is 45.6 Å². The fraction of sp³-hybridized carbons (Fsp3) is 0.667. The van der Waals surface area contributed by atoms with Crippen LogP contribution >= 0.6 is 0 Å². The van der Waals surface area contributed by atoms with Crippen LogP contribution in [0.5, 0.6) is 11.5 Å². The molecule has 1 aliphatic rings. The minimum absolute atomic E-state index is 0.123. The minimum atomic E-state index is 0.123. The molecule has 0 saturated carbocycles. The lowest BCUT2D eigenvalue weighted by Crippen LogP contribution is -2.41. The molecule has 1 atom stereocenters. The topological polar surface area (TPSA) is 58.1 Å². The predicted molar refractivity (Wildman–Crippen MR) is 112 cm³/mol. The second-order valence-corrected chi connectivity index (χ2v) is 7.99. The Kier molecular flexibility index (Phi) is 7.78. The van der Waals surface area contributed by atoms with Crippen molar-refractivity contribution in [3.8, 4) is 11.5 Å². The number of nitrogens with zero attached hydrogens (tertiary/aromatic N) is 2. The first kappa shape index (κ1) is 21.4. The molecule has 27 heavy (non-hydrogen) atoms. The van der Waals surface area contributed by atoms with Crippen molar-refractivity contribution in [2.75, 3.05) is 46.9 Å². The molecule has 1 aromatic rings. The highest BCUT2D eigenvalue weighted by Gasteiger charge is 2.27. The Bertz CT molecular complexity index is 603. The second kappa shape index (κ2) is 9.83. The van der Waals surface area contributed by atoms with E-state index >= 15 is 0 Å². The standard InChI is InChI=1S/C21H36N4O2/c1-7-22-20(23-9-10-24-21(2,3)4)25-11-8-16(15-25)17-12-18(26-5)14-19(13-17)27-6/h12-14,16,24H,7-11,15H2,1-6H3,(H,22,23). The Balaban J connectivity index is 2.03. The highest BCUT2D eigenvalue weighted by Crippen LogP contribution is 2.32. The minimum Gasteiger partial charge on any atom is -0.497 e. The molecule has 1 unspecified atom stereocenters. The Morgan fingerprint density at radius 2 is 1.85 bits per heavy atom. The number of guanidine groups is 1. The summed E-state index contributed by atoms with van der Waals surface area (Å²) in [6.07, 6.45) is 1.10. The molecule has 1 aromatic carbocycles. The highest BCUT2D eigenvalue weighted by molar-refractivity contribution is 5.80. The van der Waals surface area contributed by atoms with Gasteiger partial charge in [-0.3, -0.25) is 4.99 Å². The summed E-state index contributed by atoms with van der Waals surface area (Å²) in [5.74, 6) is 3.14. The molecule has 1 saturated heterocycles. The van der Waals surface area contributed by atoms with Gasteiger partial charge in [-0.15, -0.1) is 0 Å². The molecule has 0 amide bonds. The fourth-order valence-corrected chi connectivity index (χ4v) is 3.31. The van der Waals surface area contributed by atoms with E-state index in [0.717, 1.165) is 56.6 Å². The molecule has 0 aromatic heterocycles. The van der Waals surface area contributed by atoms with Gasteiger partial charge in [-0.25, -0.2) is 0 Å². The van der Waals surface area contributed by atoms with E-state index in [-0.39, 0.29) is 5.54 Å². The van der Waals surface area contributed by atoms with Crippen molar-refractivity contribution < 1.29 is 9.47 Å². The molecule has 0 spiro atoms. The summed E-state index contributed by atoms with van der Waals surface area (Å²) < 4.78 is 10.9. The van der Waals surface area contributed by atoms with Gasteiger partial charge in [0.15, 0.2) is 5.96 Å². The number of likely N-dealkylation sites (tertiary alicyclic amines) is 1. The molecule has 1 heterocycles. The average Bonchev–Trinajstić information content (AvgIpc) is 3.13. The summed E-state index contributed by atoms with van der Waals surface area (Å²) in [5.41, 5.74) is 1.39. The predicted octanol–water partition coefficient (Wildman–Crippen LogP) is 2.85. The lowest BCUT2D eigenvalue weighted by Gasteiger charge is -2.23. The third-order valence-corrected chi connectivity index (χ3v) is 4.70. The van der Waals surface area contributed by atoms with Crippen molar-refractivity contribution >= 4 is 5.96 Å². The van der Waals surface area contributed by atoms with Crippen LogP contribution in [0.2, 0.25) is 0 Å². The zero-order chi connectivity index (χ0) is 19.9. The van der Waals surface area contributed by atoms with Crippen LogP contribution in [0.25, 0.3) is 0 Å². The largest absolute Gasteiger partial charge is 0.497 e. The first-order valence-electron chi connectivity index (χ1n) is 9.87. The molecule has 2 rings (SSSR count). The Morgan fingerprint density at radius 3 is 2.41 bits per heavy atom. The van der Waals surface area contributed by atoms with Crippen LogP contribution in [-0.4, -0.2) is 63.3 Å². The Morgan fingerprint density at radius 1 is 1.19 bits per heavy atom. The summed E-state index contributed by atoms with van der Waals surface area (Å²) >= 11 is 0. The summed E-state index contributed by atoms with van der Waals surface area (Å²) in [4.78, 5) is 7.17. The van der Waals surface area contributed by atoms with Crippen molar-refractivity contribution in [3.63, 3.8) is 0 Å². The molecule has 0 radical (unpaired) electrons. The SMILES string of the molecule is CCNC(=NCCNC(C)(C)C)N1CCC(c2cc(OC)cc(OC)c2)C1. The van der Waals surface area contributed by atoms with Gasteiger partial charge in [-0.05, 0) is 51.8 Å². The number of hydrogen-bond donors (Lipinski definition) is 2. The summed E-state index contributed by atoms with van der Waals surface area (Å²) in [5, 5.41) is 6.93. The maximum Gasteiger partial charge on any atom is 0.193 e. The lowest BCUT2D eigenvalue weighted by molar-refractivity contribution is 0.392. The van der Waals surface area contributed by atoms with Crippen LogP contribution in [0, 0.1) is 0 Å². The third kappa shape index (κ3) is 6.61. The van der Waals surface area contributed by atoms with Gasteiger partial charge in [-0.2, -0.15) is 0 Å². The van der Waals surface area contributed by atoms with E-state index in [0.29, 0.717) is 5.92 Å². The van der Waals surface area contributed by atoms with E-state index in [2.05, 4.69) is 55.4 Å². The van der Waals surface area contributed by atoms with Gasteiger partial charge in [0.2, 0.25) is 0 Å². The van der Waals surface area contributed by atoms with Gasteiger partial charge in [0.05, 0.1) is 20.8 Å². The van der Waals surface area contributed by atoms with Crippen LogP contribution < -0.4 is 20.1 Å². The van der Waals surface area contributed by atoms with E-state index < -0.39 is 0 Å². The van der Waals surface area contributed by atoms with Crippen molar-refractivity contribution in [3.05, 3.63) is 23.8 Å². The molecule has 6 nitrogen and oxygen atoms in total. The lowest BCUT2D eigenvalue weighted by atomic mass is 9.98. The van der Waals surface area contributed by atoms with Crippen LogP contribution in [0.1, 0.15) is 45.6 Å². The molecule has 1 fully saturated rings. The summed E-state index contributed by atoms with van der Waals surface area (Å²) in [6, 6.07) is 6.16. The molecule has 6 heteroatoms. The van der Waals surface area contributed by atoms with Crippen LogP contribution in [0.4, 0.5) is 0 Å². The van der Waals surface area contributed by atoms with E-state index in [9.17, 15) is 0 Å². The average molecular weight is 377 g/mol. The zero-order valence-corrected chi connectivity index (χ0v) is 17.8. The van der Waals surface area contributed by atoms with Crippen LogP contribution in [-0.2, 0) is 0 Å². The van der Waals surface area contributed by atoms with Crippen LogP contribution in [0.15, 0.2) is 23.2 Å². The first-order valence-corrected chi connectivity index (χ1v) is 9.87. The molecular formula is C21H36N4O2. The van der Waals surface area contributed by atoms with E-state index in [1.54, 1.807) is 14.2 Å². The quantitative estimate of drug-likeness (QED) is 0.435. The van der Waals surface area contributed by atoms with Crippen molar-refractivity contribution in [1.82, 2.24) is 15.5 Å². The fourth-order valence-electron chi connectivity index (χ4n) is 3.31. The molecule has 2 N–H and O–H groups in total. The normalized spacial score (nSPS) is 17.9. The van der Waals surface area contributed by atoms with Crippen molar-refractivity contribution in [1.29, 1.82) is 0 Å². The third-order valence-electron chi connectivity index (χ3n) is 4.70. The van der Waals surface area contributed by atoms with Gasteiger partial charge < -0.3 is 25.0 Å². The van der Waals surface area contributed by atoms with E-state index in [1.807, 2.05) is 6.07 Å².